The minimum absolute atomic E-state index is 0.0948. The minimum atomic E-state index is -0.478. The predicted molar refractivity (Wildman–Crippen MR) is 82.4 cm³/mol. The van der Waals surface area contributed by atoms with Crippen LogP contribution in [-0.4, -0.2) is 25.6 Å². The SMILES string of the molecule is CNC(=O)[C@@H]1CN(Cc2ccccc2)c2ccccc2O1. The summed E-state index contributed by atoms with van der Waals surface area (Å²) in [7, 11) is 1.63. The molecule has 1 heterocycles. The van der Waals surface area contributed by atoms with Gasteiger partial charge in [-0.2, -0.15) is 0 Å². The van der Waals surface area contributed by atoms with Gasteiger partial charge in [0.15, 0.2) is 6.10 Å². The van der Waals surface area contributed by atoms with Crippen molar-refractivity contribution in [1.82, 2.24) is 5.32 Å². The molecule has 0 bridgehead atoms. The Bertz CT molecular complexity index is 628. The average molecular weight is 282 g/mol. The van der Waals surface area contributed by atoms with Gasteiger partial charge in [-0.05, 0) is 17.7 Å². The standard InChI is InChI=1S/C17H18N2O2/c1-18-17(20)16-12-19(11-13-7-3-2-4-8-13)14-9-5-6-10-15(14)21-16/h2-10,16H,11-12H2,1H3,(H,18,20)/t16-/m0/s1. The number of benzene rings is 2. The molecule has 1 atom stereocenters. The molecule has 4 heteroatoms. The maximum Gasteiger partial charge on any atom is 0.262 e. The number of likely N-dealkylation sites (N-methyl/N-ethyl adjacent to an activating group) is 1. The molecule has 0 saturated heterocycles. The first-order chi connectivity index (χ1) is 10.3. The molecule has 1 amide bonds. The lowest BCUT2D eigenvalue weighted by Crippen LogP contribution is -2.47. The fourth-order valence-corrected chi connectivity index (χ4v) is 2.56. The number of hydrogen-bond acceptors (Lipinski definition) is 3. The Morgan fingerprint density at radius 3 is 2.67 bits per heavy atom. The maximum absolute atomic E-state index is 11.9. The first-order valence-electron chi connectivity index (χ1n) is 7.04. The molecule has 1 aliphatic rings. The maximum atomic E-state index is 11.9. The van der Waals surface area contributed by atoms with Crippen LogP contribution < -0.4 is 15.0 Å². The average Bonchev–Trinajstić information content (AvgIpc) is 2.55. The topological polar surface area (TPSA) is 41.6 Å². The Morgan fingerprint density at radius 1 is 1.19 bits per heavy atom. The van der Waals surface area contributed by atoms with Gasteiger partial charge in [0.05, 0.1) is 12.2 Å². The van der Waals surface area contributed by atoms with Crippen molar-refractivity contribution < 1.29 is 9.53 Å². The summed E-state index contributed by atoms with van der Waals surface area (Å²) in [6.45, 7) is 1.31. The molecule has 1 aliphatic heterocycles. The van der Waals surface area contributed by atoms with Crippen LogP contribution in [0.5, 0.6) is 5.75 Å². The van der Waals surface area contributed by atoms with E-state index in [0.717, 1.165) is 18.0 Å². The van der Waals surface area contributed by atoms with Gasteiger partial charge in [0, 0.05) is 13.6 Å². The zero-order valence-electron chi connectivity index (χ0n) is 12.0. The van der Waals surface area contributed by atoms with Gasteiger partial charge in [-0.25, -0.2) is 0 Å². The van der Waals surface area contributed by atoms with Crippen molar-refractivity contribution in [2.24, 2.45) is 0 Å². The van der Waals surface area contributed by atoms with Crippen molar-refractivity contribution >= 4 is 11.6 Å². The molecule has 0 spiro atoms. The van der Waals surface area contributed by atoms with Crippen LogP contribution in [0.15, 0.2) is 54.6 Å². The van der Waals surface area contributed by atoms with Crippen LogP contribution in [0.2, 0.25) is 0 Å². The highest BCUT2D eigenvalue weighted by atomic mass is 16.5. The molecule has 108 valence electrons. The number of nitrogens with one attached hydrogen (secondary N) is 1. The van der Waals surface area contributed by atoms with E-state index < -0.39 is 6.10 Å². The summed E-state index contributed by atoms with van der Waals surface area (Å²) < 4.78 is 5.80. The highest BCUT2D eigenvalue weighted by Crippen LogP contribution is 2.34. The number of carbonyl (C=O) groups is 1. The normalized spacial score (nSPS) is 16.8. The van der Waals surface area contributed by atoms with Crippen LogP contribution in [0, 0.1) is 0 Å². The summed E-state index contributed by atoms with van der Waals surface area (Å²) in [6.07, 6.45) is -0.478. The molecule has 0 aromatic heterocycles. The lowest BCUT2D eigenvalue weighted by atomic mass is 10.1. The zero-order chi connectivity index (χ0) is 14.7. The Balaban J connectivity index is 1.89. The Labute approximate surface area is 124 Å². The lowest BCUT2D eigenvalue weighted by molar-refractivity contribution is -0.127. The van der Waals surface area contributed by atoms with E-state index in [4.69, 9.17) is 4.74 Å². The largest absolute Gasteiger partial charge is 0.477 e. The third-order valence-corrected chi connectivity index (χ3v) is 3.62. The second-order valence-electron chi connectivity index (χ2n) is 5.05. The zero-order valence-corrected chi connectivity index (χ0v) is 12.0. The van der Waals surface area contributed by atoms with E-state index in [0.29, 0.717) is 6.54 Å². The van der Waals surface area contributed by atoms with Gasteiger partial charge < -0.3 is 15.0 Å². The minimum Gasteiger partial charge on any atom is -0.477 e. The van der Waals surface area contributed by atoms with Crippen LogP contribution >= 0.6 is 0 Å². The highest BCUT2D eigenvalue weighted by molar-refractivity contribution is 5.83. The van der Waals surface area contributed by atoms with Crippen LogP contribution in [0.4, 0.5) is 5.69 Å². The molecular weight excluding hydrogens is 264 g/mol. The van der Waals surface area contributed by atoms with Crippen molar-refractivity contribution in [2.75, 3.05) is 18.5 Å². The summed E-state index contributed by atoms with van der Waals surface area (Å²) >= 11 is 0. The van der Waals surface area contributed by atoms with E-state index in [-0.39, 0.29) is 5.91 Å². The second kappa shape index (κ2) is 5.87. The molecular formula is C17H18N2O2. The van der Waals surface area contributed by atoms with E-state index in [9.17, 15) is 4.79 Å². The molecule has 0 saturated carbocycles. The van der Waals surface area contributed by atoms with Gasteiger partial charge in [-0.3, -0.25) is 4.79 Å². The number of fused-ring (bicyclic) bond motifs is 1. The number of anilines is 1. The summed E-state index contributed by atoms with van der Waals surface area (Å²) in [5.74, 6) is 0.663. The fraction of sp³-hybridized carbons (Fsp3) is 0.235. The molecule has 2 aromatic carbocycles. The Morgan fingerprint density at radius 2 is 1.90 bits per heavy atom. The smallest absolute Gasteiger partial charge is 0.262 e. The number of ether oxygens (including phenoxy) is 1. The van der Waals surface area contributed by atoms with Gasteiger partial charge in [-0.15, -0.1) is 0 Å². The molecule has 2 aromatic rings. The van der Waals surface area contributed by atoms with Crippen molar-refractivity contribution in [3.8, 4) is 5.75 Å². The summed E-state index contributed by atoms with van der Waals surface area (Å²) in [4.78, 5) is 14.1. The lowest BCUT2D eigenvalue weighted by Gasteiger charge is -2.35. The molecule has 0 radical (unpaired) electrons. The van der Waals surface area contributed by atoms with E-state index in [2.05, 4.69) is 22.3 Å². The fourth-order valence-electron chi connectivity index (χ4n) is 2.56. The number of hydrogen-bond donors (Lipinski definition) is 1. The predicted octanol–water partition coefficient (Wildman–Crippen LogP) is 2.20. The van der Waals surface area contributed by atoms with Crippen LogP contribution in [-0.2, 0) is 11.3 Å². The van der Waals surface area contributed by atoms with E-state index in [1.54, 1.807) is 7.05 Å². The summed E-state index contributed by atoms with van der Waals surface area (Å²) in [5.41, 5.74) is 2.24. The molecule has 4 nitrogen and oxygen atoms in total. The van der Waals surface area contributed by atoms with Gasteiger partial charge >= 0.3 is 0 Å². The molecule has 3 rings (SSSR count). The quantitative estimate of drug-likeness (QED) is 0.938. The van der Waals surface area contributed by atoms with Crippen molar-refractivity contribution in [2.45, 2.75) is 12.6 Å². The van der Waals surface area contributed by atoms with Crippen LogP contribution in [0.1, 0.15) is 5.56 Å². The number of amides is 1. The van der Waals surface area contributed by atoms with Crippen LogP contribution in [0.3, 0.4) is 0 Å². The third-order valence-electron chi connectivity index (χ3n) is 3.62. The van der Waals surface area contributed by atoms with E-state index >= 15 is 0 Å². The highest BCUT2D eigenvalue weighted by Gasteiger charge is 2.29. The van der Waals surface area contributed by atoms with Crippen molar-refractivity contribution in [3.05, 3.63) is 60.2 Å². The monoisotopic (exact) mass is 282 g/mol. The van der Waals surface area contributed by atoms with Gasteiger partial charge in [0.2, 0.25) is 0 Å². The van der Waals surface area contributed by atoms with E-state index in [1.165, 1.54) is 5.56 Å². The number of para-hydroxylation sites is 2. The van der Waals surface area contributed by atoms with Crippen molar-refractivity contribution in [1.29, 1.82) is 0 Å². The first kappa shape index (κ1) is 13.5. The Hall–Kier alpha value is -2.49. The molecule has 0 unspecified atom stereocenters. The molecule has 0 fully saturated rings. The van der Waals surface area contributed by atoms with Gasteiger partial charge in [0.1, 0.15) is 5.75 Å². The number of nitrogens with zero attached hydrogens (tertiary/aromatic N) is 1. The Kier molecular flexibility index (Phi) is 3.77. The summed E-state index contributed by atoms with van der Waals surface area (Å²) in [5, 5.41) is 2.66. The van der Waals surface area contributed by atoms with Crippen molar-refractivity contribution in [3.63, 3.8) is 0 Å². The molecule has 21 heavy (non-hydrogen) atoms. The molecule has 0 aliphatic carbocycles. The van der Waals surface area contributed by atoms with E-state index in [1.807, 2.05) is 42.5 Å². The molecule has 1 N–H and O–H groups in total. The third kappa shape index (κ3) is 2.84. The summed E-state index contributed by atoms with van der Waals surface area (Å²) in [6, 6.07) is 18.1. The van der Waals surface area contributed by atoms with Gasteiger partial charge in [-0.1, -0.05) is 42.5 Å². The number of carbonyl (C=O) groups excluding carboxylic acids is 1. The first-order valence-corrected chi connectivity index (χ1v) is 7.04. The van der Waals surface area contributed by atoms with Crippen LogP contribution in [0.25, 0.3) is 0 Å². The second-order valence-corrected chi connectivity index (χ2v) is 5.05. The van der Waals surface area contributed by atoms with Gasteiger partial charge in [0.25, 0.3) is 5.91 Å². The number of rotatable bonds is 3.